The zero-order chi connectivity index (χ0) is 85.7. The Morgan fingerprint density at radius 3 is 1.11 bits per heavy atom. The predicted octanol–water partition coefficient (Wildman–Crippen LogP) is 32.6. The van der Waals surface area contributed by atoms with Crippen LogP contribution in [0.15, 0.2) is 468 Å². The van der Waals surface area contributed by atoms with E-state index in [0.29, 0.717) is 0 Å². The van der Waals surface area contributed by atoms with E-state index in [1.54, 1.807) is 0 Å². The molecule has 23 aromatic rings. The molecule has 131 heavy (non-hydrogen) atoms. The summed E-state index contributed by atoms with van der Waals surface area (Å²) >= 11 is 0. The lowest BCUT2D eigenvalue weighted by atomic mass is 9.69. The molecule has 0 bridgehead atoms. The predicted molar refractivity (Wildman–Crippen MR) is 542 cm³/mol. The number of nitrogens with zero attached hydrogens (tertiary/aromatic N) is 5. The highest BCUT2D eigenvalue weighted by Crippen LogP contribution is 2.71. The Bertz CT molecular complexity index is 8520. The van der Waals surface area contributed by atoms with E-state index in [-0.39, 0.29) is 0 Å². The molecule has 0 N–H and O–H groups in total. The van der Waals surface area contributed by atoms with E-state index in [4.69, 9.17) is 9.97 Å². The second-order valence-corrected chi connectivity index (χ2v) is 35.5. The largest absolute Gasteiger partial charge is 0.310 e. The maximum atomic E-state index is 5.13. The Morgan fingerprint density at radius 1 is 0.206 bits per heavy atom. The molecule has 0 saturated heterocycles. The Kier molecular flexibility index (Phi) is 15.7. The molecular formula is C126H77N5. The zero-order valence-electron chi connectivity index (χ0n) is 71.2. The molecule has 0 aliphatic heterocycles. The molecule has 0 saturated carbocycles. The minimum atomic E-state index is -0.695. The van der Waals surface area contributed by atoms with Crippen LogP contribution in [0.25, 0.3) is 182 Å². The van der Waals surface area contributed by atoms with Gasteiger partial charge < -0.3 is 14.4 Å². The van der Waals surface area contributed by atoms with Crippen molar-refractivity contribution < 1.29 is 0 Å². The second-order valence-electron chi connectivity index (χ2n) is 35.5. The van der Waals surface area contributed by atoms with Crippen molar-refractivity contribution in [1.29, 1.82) is 0 Å². The molecule has 5 nitrogen and oxygen atoms in total. The van der Waals surface area contributed by atoms with Crippen LogP contribution in [0.3, 0.4) is 0 Å². The van der Waals surface area contributed by atoms with Gasteiger partial charge in [-0.2, -0.15) is 0 Å². The third kappa shape index (κ3) is 10.3. The van der Waals surface area contributed by atoms with Crippen molar-refractivity contribution in [3.63, 3.8) is 0 Å². The van der Waals surface area contributed by atoms with Gasteiger partial charge in [0.2, 0.25) is 0 Å². The van der Waals surface area contributed by atoms with Crippen molar-refractivity contribution >= 4 is 88.4 Å². The van der Waals surface area contributed by atoms with Gasteiger partial charge in [0.25, 0.3) is 0 Å². The van der Waals surface area contributed by atoms with Crippen LogP contribution in [0.1, 0.15) is 44.5 Å². The molecule has 0 fully saturated rings. The molecule has 5 heteroatoms. The van der Waals surface area contributed by atoms with E-state index in [1.165, 1.54) is 199 Å². The van der Waals surface area contributed by atoms with Crippen LogP contribution in [0.2, 0.25) is 0 Å². The lowest BCUT2D eigenvalue weighted by Gasteiger charge is -2.32. The summed E-state index contributed by atoms with van der Waals surface area (Å²) in [6, 6.07) is 167. The van der Waals surface area contributed by atoms with Gasteiger partial charge in [-0.05, 0) is 293 Å². The van der Waals surface area contributed by atoms with Gasteiger partial charge in [0.15, 0.2) is 0 Å². The molecule has 6 aliphatic rings. The molecule has 0 unspecified atom stereocenters. The van der Waals surface area contributed by atoms with Crippen molar-refractivity contribution in [2.75, 3.05) is 9.80 Å². The van der Waals surface area contributed by atoms with Gasteiger partial charge in [0.05, 0.1) is 27.4 Å². The van der Waals surface area contributed by atoms with Gasteiger partial charge in [-0.3, -0.25) is 9.97 Å². The standard InChI is InChI=1S/C73H46N4.C53H31N/c1-5-23-51(24-6-1)76(52-25-7-2-8-26-52)55-36-38-65-61(42-55)62-43-56(77(53-27-9-3-10-28-53)54-29-11-4-12-30-54)37-39-66(62)73(65)64-35-14-13-31-59(64)71-67(73)44-63-58-33-15-19-47-20-16-34-60(68(47)58)70(63)69(71)50-41-49(45-74-46-50)57-32-17-21-48-22-18-40-75-72(48)57;1-2-16-34(17-3-1)54-47-27-11-7-20-37(47)38-29-28-33(30-48(38)54)50-51-41-23-13-15-32-14-12-22-39(49(32)41)42(51)31-46-52(50)40-21-6-10-26-45(40)53(46)43-24-8-4-18-35(43)36-19-5-9-25-44(36)53/h1-46H;1-31H. The van der Waals surface area contributed by atoms with Crippen molar-refractivity contribution in [1.82, 2.24) is 14.5 Å². The average molecular weight is 1660 g/mol. The third-order valence-corrected chi connectivity index (χ3v) is 29.2. The monoisotopic (exact) mass is 1660 g/mol. The Morgan fingerprint density at radius 2 is 0.595 bits per heavy atom. The van der Waals surface area contributed by atoms with E-state index >= 15 is 0 Å². The molecule has 6 aliphatic carbocycles. The van der Waals surface area contributed by atoms with E-state index in [2.05, 4.69) is 463 Å². The smallest absolute Gasteiger partial charge is 0.0780 e. The molecular weight excluding hydrogens is 1580 g/mol. The highest BCUT2D eigenvalue weighted by Gasteiger charge is 2.56. The number of rotatable bonds is 10. The normalized spacial score (nSPS) is 13.2. The van der Waals surface area contributed by atoms with Crippen LogP contribution < -0.4 is 9.80 Å². The molecule has 0 radical (unpaired) electrons. The van der Waals surface area contributed by atoms with Crippen molar-refractivity contribution in [2.45, 2.75) is 10.8 Å². The minimum absolute atomic E-state index is 0.436. The number of para-hydroxylation sites is 7. The van der Waals surface area contributed by atoms with Crippen molar-refractivity contribution in [2.24, 2.45) is 0 Å². The summed E-state index contributed by atoms with van der Waals surface area (Å²) in [5, 5.41) is 8.82. The van der Waals surface area contributed by atoms with E-state index in [1.807, 2.05) is 18.5 Å². The van der Waals surface area contributed by atoms with Crippen molar-refractivity contribution in [3.8, 4) is 128 Å². The summed E-state index contributed by atoms with van der Waals surface area (Å²) in [5.41, 5.74) is 48.1. The fourth-order valence-electron chi connectivity index (χ4n) is 24.2. The van der Waals surface area contributed by atoms with Crippen LogP contribution in [0, 0.1) is 0 Å². The van der Waals surface area contributed by atoms with Gasteiger partial charge in [-0.1, -0.05) is 328 Å². The van der Waals surface area contributed by atoms with Gasteiger partial charge in [0.1, 0.15) is 0 Å². The summed E-state index contributed by atoms with van der Waals surface area (Å²) in [6.45, 7) is 0. The second kappa shape index (κ2) is 28.2. The number of fused-ring (bicyclic) bond motifs is 30. The maximum absolute atomic E-state index is 5.13. The number of aromatic nitrogens is 3. The highest BCUT2D eigenvalue weighted by molar-refractivity contribution is 6.24. The molecule has 29 rings (SSSR count). The molecule has 0 atom stereocenters. The SMILES string of the molecule is c1ccc(-n2c3ccccc3c3ccc(-c4c5c(cc6c4-c4ccccc4C64c6ccccc6-c6ccccc64)-c4cccc6cccc-5c46)cc32)cc1.c1ccc(N(c2ccccc2)c2ccc3c(c2)-c2cc(N(c4ccccc4)c4ccccc4)ccc2C32c3ccccc3-c3c2cc2c(c3-c3cncc(-c4cccc5cccnc45)c3)-c3cccc4cccc-2c34)cc1. The third-order valence-electron chi connectivity index (χ3n) is 29.2. The van der Waals surface area contributed by atoms with Gasteiger partial charge in [0, 0.05) is 91.3 Å². The maximum Gasteiger partial charge on any atom is 0.0780 e. The Balaban J connectivity index is 0.000000140. The molecule has 3 heterocycles. The molecule has 0 amide bonds. The number of anilines is 6. The summed E-state index contributed by atoms with van der Waals surface area (Å²) in [6.07, 6.45) is 5.98. The first-order valence-corrected chi connectivity index (χ1v) is 45.4. The van der Waals surface area contributed by atoms with Crippen molar-refractivity contribution in [3.05, 3.63) is 512 Å². The molecule has 2 spiro atoms. The van der Waals surface area contributed by atoms with Gasteiger partial charge >= 0.3 is 0 Å². The van der Waals surface area contributed by atoms with Crippen LogP contribution in [0.5, 0.6) is 0 Å². The van der Waals surface area contributed by atoms with Gasteiger partial charge in [-0.15, -0.1) is 0 Å². The van der Waals surface area contributed by atoms with E-state index < -0.39 is 10.8 Å². The Labute approximate surface area is 758 Å². The fourth-order valence-corrected chi connectivity index (χ4v) is 24.2. The molecule has 606 valence electrons. The lowest BCUT2D eigenvalue weighted by Crippen LogP contribution is -2.26. The number of pyridine rings is 2. The number of hydrogen-bond acceptors (Lipinski definition) is 4. The van der Waals surface area contributed by atoms with Crippen LogP contribution in [-0.2, 0) is 10.8 Å². The minimum Gasteiger partial charge on any atom is -0.310 e. The molecule has 3 aromatic heterocycles. The highest BCUT2D eigenvalue weighted by atomic mass is 15.1. The fraction of sp³-hybridized carbons (Fsp3) is 0.0159. The first-order valence-electron chi connectivity index (χ1n) is 45.4. The summed E-state index contributed by atoms with van der Waals surface area (Å²) < 4.78 is 2.45. The first kappa shape index (κ1) is 73.1. The first-order chi connectivity index (χ1) is 65.0. The average Bonchev–Trinajstić information content (AvgIpc) is 1.49. The summed E-state index contributed by atoms with van der Waals surface area (Å²) in [7, 11) is 0. The number of benzene rings is 20. The van der Waals surface area contributed by atoms with E-state index in [0.717, 1.165) is 61.7 Å². The lowest BCUT2D eigenvalue weighted by molar-refractivity contribution is 0.794. The van der Waals surface area contributed by atoms with Crippen LogP contribution in [0.4, 0.5) is 34.1 Å². The number of hydrogen-bond donors (Lipinski definition) is 0. The van der Waals surface area contributed by atoms with Gasteiger partial charge in [-0.25, -0.2) is 0 Å². The zero-order valence-corrected chi connectivity index (χ0v) is 71.2. The quantitative estimate of drug-likeness (QED) is 0.137. The topological polar surface area (TPSA) is 37.2 Å². The van der Waals surface area contributed by atoms with Crippen LogP contribution in [-0.4, -0.2) is 14.5 Å². The summed E-state index contributed by atoms with van der Waals surface area (Å²) in [5.74, 6) is 0. The Hall–Kier alpha value is -17.1. The summed E-state index contributed by atoms with van der Waals surface area (Å²) in [4.78, 5) is 14.8. The van der Waals surface area contributed by atoms with Crippen LogP contribution >= 0.6 is 0 Å². The van der Waals surface area contributed by atoms with E-state index in [9.17, 15) is 0 Å². The molecule has 20 aromatic carbocycles.